The first kappa shape index (κ1) is 15.8. The summed E-state index contributed by atoms with van der Waals surface area (Å²) in [7, 11) is 0. The molecule has 1 aliphatic carbocycles. The van der Waals surface area contributed by atoms with Crippen LogP contribution < -0.4 is 5.32 Å². The van der Waals surface area contributed by atoms with Gasteiger partial charge in [-0.2, -0.15) is 0 Å². The van der Waals surface area contributed by atoms with E-state index in [-0.39, 0.29) is 5.41 Å². The highest BCUT2D eigenvalue weighted by atomic mass is 16.2. The summed E-state index contributed by atoms with van der Waals surface area (Å²) in [5.74, 6) is 1.19. The van der Waals surface area contributed by atoms with E-state index in [0.29, 0.717) is 11.9 Å². The van der Waals surface area contributed by atoms with Crippen molar-refractivity contribution in [2.24, 2.45) is 11.3 Å². The average molecular weight is 280 g/mol. The Morgan fingerprint density at radius 1 is 1.15 bits per heavy atom. The fourth-order valence-electron chi connectivity index (χ4n) is 3.77. The van der Waals surface area contributed by atoms with E-state index >= 15 is 0 Å². The van der Waals surface area contributed by atoms with E-state index in [2.05, 4.69) is 17.1 Å². The summed E-state index contributed by atoms with van der Waals surface area (Å²) in [6.45, 7) is 10.2. The largest absolute Gasteiger partial charge is 0.342 e. The summed E-state index contributed by atoms with van der Waals surface area (Å²) >= 11 is 0. The number of hydrogen-bond donors (Lipinski definition) is 1. The maximum Gasteiger partial charge on any atom is 0.227 e. The van der Waals surface area contributed by atoms with E-state index in [9.17, 15) is 4.79 Å². The van der Waals surface area contributed by atoms with Crippen LogP contribution in [0.25, 0.3) is 0 Å². The highest BCUT2D eigenvalue weighted by Gasteiger charge is 2.32. The van der Waals surface area contributed by atoms with Crippen LogP contribution in [0.4, 0.5) is 0 Å². The molecule has 2 unspecified atom stereocenters. The number of carbonyl (C=O) groups is 1. The summed E-state index contributed by atoms with van der Waals surface area (Å²) in [5.41, 5.74) is -0.237. The molecule has 0 spiro atoms. The minimum Gasteiger partial charge on any atom is -0.342 e. The fraction of sp³-hybridized carbons (Fsp3) is 0.941. The number of nitrogens with zero attached hydrogens (tertiary/aromatic N) is 1. The molecule has 3 heteroatoms. The highest BCUT2D eigenvalue weighted by Crippen LogP contribution is 2.29. The predicted molar refractivity (Wildman–Crippen MR) is 83.6 cm³/mol. The molecule has 1 saturated heterocycles. The van der Waals surface area contributed by atoms with Gasteiger partial charge >= 0.3 is 0 Å². The Morgan fingerprint density at radius 2 is 1.80 bits per heavy atom. The van der Waals surface area contributed by atoms with Gasteiger partial charge in [0.25, 0.3) is 0 Å². The minimum absolute atomic E-state index is 0.237. The van der Waals surface area contributed by atoms with Crippen molar-refractivity contribution >= 4 is 5.91 Å². The van der Waals surface area contributed by atoms with E-state index in [4.69, 9.17) is 0 Å². The molecule has 1 amide bonds. The van der Waals surface area contributed by atoms with Gasteiger partial charge in [-0.15, -0.1) is 0 Å². The third-order valence-corrected chi connectivity index (χ3v) is 5.06. The van der Waals surface area contributed by atoms with Crippen molar-refractivity contribution in [3.05, 3.63) is 0 Å². The molecule has 3 nitrogen and oxygen atoms in total. The first-order valence-corrected chi connectivity index (χ1v) is 8.47. The second-order valence-electron chi connectivity index (χ2n) is 7.69. The van der Waals surface area contributed by atoms with Crippen LogP contribution in [-0.2, 0) is 4.79 Å². The van der Waals surface area contributed by atoms with E-state index in [1.54, 1.807) is 0 Å². The lowest BCUT2D eigenvalue weighted by atomic mass is 9.92. The van der Waals surface area contributed by atoms with E-state index in [1.807, 2.05) is 20.8 Å². The number of nitrogens with one attached hydrogen (secondary N) is 1. The second kappa shape index (κ2) is 6.46. The van der Waals surface area contributed by atoms with E-state index in [1.165, 1.54) is 25.7 Å². The number of carbonyl (C=O) groups excluding carboxylic acids is 1. The van der Waals surface area contributed by atoms with Crippen molar-refractivity contribution in [2.45, 2.75) is 78.3 Å². The summed E-state index contributed by atoms with van der Waals surface area (Å²) in [4.78, 5) is 14.3. The maximum absolute atomic E-state index is 12.3. The minimum atomic E-state index is -0.237. The summed E-state index contributed by atoms with van der Waals surface area (Å²) in [6, 6.07) is 1.35. The molecule has 0 aromatic heterocycles. The number of amides is 1. The van der Waals surface area contributed by atoms with Gasteiger partial charge in [0, 0.05) is 30.6 Å². The van der Waals surface area contributed by atoms with Crippen LogP contribution in [0.5, 0.6) is 0 Å². The van der Waals surface area contributed by atoms with E-state index in [0.717, 1.165) is 37.9 Å². The Kier molecular flexibility index (Phi) is 5.11. The van der Waals surface area contributed by atoms with Crippen LogP contribution >= 0.6 is 0 Å². The van der Waals surface area contributed by atoms with E-state index < -0.39 is 0 Å². The second-order valence-corrected chi connectivity index (χ2v) is 7.69. The van der Waals surface area contributed by atoms with Crippen LogP contribution in [0.3, 0.4) is 0 Å². The molecule has 1 N–H and O–H groups in total. The topological polar surface area (TPSA) is 32.3 Å². The van der Waals surface area contributed by atoms with Crippen LogP contribution in [0, 0.1) is 11.3 Å². The number of piperidine rings is 1. The van der Waals surface area contributed by atoms with Crippen LogP contribution in [0.1, 0.15) is 66.2 Å². The van der Waals surface area contributed by atoms with Crippen molar-refractivity contribution in [3.8, 4) is 0 Å². The van der Waals surface area contributed by atoms with Crippen molar-refractivity contribution in [1.29, 1.82) is 0 Å². The van der Waals surface area contributed by atoms with Crippen LogP contribution in [0.2, 0.25) is 0 Å². The first-order valence-electron chi connectivity index (χ1n) is 8.47. The zero-order valence-electron chi connectivity index (χ0n) is 13.7. The summed E-state index contributed by atoms with van der Waals surface area (Å²) < 4.78 is 0. The zero-order valence-corrected chi connectivity index (χ0v) is 13.7. The van der Waals surface area contributed by atoms with Gasteiger partial charge in [-0.25, -0.2) is 0 Å². The lowest BCUT2D eigenvalue weighted by molar-refractivity contribution is -0.140. The Bertz CT molecular complexity index is 326. The molecule has 1 aliphatic heterocycles. The summed E-state index contributed by atoms with van der Waals surface area (Å²) in [6.07, 6.45) is 7.68. The van der Waals surface area contributed by atoms with Gasteiger partial charge in [0.05, 0.1) is 0 Å². The SMILES string of the molecule is CCC1CCCC1NC1CCN(C(=O)C(C)(C)C)CC1. The van der Waals surface area contributed by atoms with Gasteiger partial charge in [0.1, 0.15) is 0 Å². The molecule has 20 heavy (non-hydrogen) atoms. The molecular weight excluding hydrogens is 248 g/mol. The van der Waals surface area contributed by atoms with Gasteiger partial charge < -0.3 is 10.2 Å². The Balaban J connectivity index is 1.78. The Hall–Kier alpha value is -0.570. The van der Waals surface area contributed by atoms with Crippen molar-refractivity contribution < 1.29 is 4.79 Å². The lowest BCUT2D eigenvalue weighted by Gasteiger charge is -2.37. The lowest BCUT2D eigenvalue weighted by Crippen LogP contribution is -2.50. The summed E-state index contributed by atoms with van der Waals surface area (Å²) in [5, 5.41) is 3.88. The number of rotatable bonds is 3. The molecule has 0 bridgehead atoms. The Labute approximate surface area is 124 Å². The molecule has 0 aromatic carbocycles. The van der Waals surface area contributed by atoms with Crippen molar-refractivity contribution in [3.63, 3.8) is 0 Å². The number of hydrogen-bond acceptors (Lipinski definition) is 2. The Morgan fingerprint density at radius 3 is 2.35 bits per heavy atom. The van der Waals surface area contributed by atoms with Crippen molar-refractivity contribution in [2.75, 3.05) is 13.1 Å². The van der Waals surface area contributed by atoms with Crippen molar-refractivity contribution in [1.82, 2.24) is 10.2 Å². The number of likely N-dealkylation sites (tertiary alicyclic amines) is 1. The van der Waals surface area contributed by atoms with Gasteiger partial charge in [0.15, 0.2) is 0 Å². The van der Waals surface area contributed by atoms with Gasteiger partial charge in [-0.1, -0.05) is 40.5 Å². The highest BCUT2D eigenvalue weighted by molar-refractivity contribution is 5.81. The monoisotopic (exact) mass is 280 g/mol. The smallest absolute Gasteiger partial charge is 0.227 e. The zero-order chi connectivity index (χ0) is 14.8. The first-order chi connectivity index (χ1) is 9.41. The molecule has 116 valence electrons. The quantitative estimate of drug-likeness (QED) is 0.861. The third kappa shape index (κ3) is 3.75. The average Bonchev–Trinajstić information content (AvgIpc) is 2.85. The molecule has 2 aliphatic rings. The maximum atomic E-state index is 12.3. The van der Waals surface area contributed by atoms with Crippen LogP contribution in [0.15, 0.2) is 0 Å². The molecule has 2 fully saturated rings. The fourth-order valence-corrected chi connectivity index (χ4v) is 3.77. The molecule has 2 rings (SSSR count). The van der Waals surface area contributed by atoms with Gasteiger partial charge in [-0.3, -0.25) is 4.79 Å². The molecule has 2 atom stereocenters. The third-order valence-electron chi connectivity index (χ3n) is 5.06. The molecule has 1 heterocycles. The molecule has 0 radical (unpaired) electrons. The normalized spacial score (nSPS) is 28.9. The molecule has 1 saturated carbocycles. The molecular formula is C17H32N2O. The predicted octanol–water partition coefficient (Wildman–Crippen LogP) is 3.19. The van der Waals surface area contributed by atoms with Gasteiger partial charge in [-0.05, 0) is 31.6 Å². The van der Waals surface area contributed by atoms with Crippen LogP contribution in [-0.4, -0.2) is 36.0 Å². The standard InChI is InChI=1S/C17H32N2O/c1-5-13-7-6-8-15(13)18-14-9-11-19(12-10-14)16(20)17(2,3)4/h13-15,18H,5-12H2,1-4H3. The molecule has 0 aromatic rings. The van der Waals surface area contributed by atoms with Gasteiger partial charge in [0.2, 0.25) is 5.91 Å².